The molecular formula is C18H20O6. The topological polar surface area (TPSA) is 85.2 Å². The molecule has 1 aliphatic rings. The number of hydrogen-bond donors (Lipinski definition) is 2. The summed E-state index contributed by atoms with van der Waals surface area (Å²) in [6.45, 7) is 0. The van der Waals surface area contributed by atoms with Crippen molar-refractivity contribution in [2.45, 2.75) is 12.2 Å². The van der Waals surface area contributed by atoms with Crippen molar-refractivity contribution < 1.29 is 29.2 Å². The highest BCUT2D eigenvalue weighted by molar-refractivity contribution is 6.07. The number of benzene rings is 1. The summed E-state index contributed by atoms with van der Waals surface area (Å²) in [5.74, 6) is -1.08. The molecule has 0 bridgehead atoms. The van der Waals surface area contributed by atoms with Gasteiger partial charge in [-0.15, -0.1) is 0 Å². The zero-order valence-corrected chi connectivity index (χ0v) is 13.8. The Morgan fingerprint density at radius 3 is 2.58 bits per heavy atom. The summed E-state index contributed by atoms with van der Waals surface area (Å²) in [6, 6.07) is 5.02. The maximum atomic E-state index is 12.4. The normalized spacial score (nSPS) is 20.5. The fourth-order valence-electron chi connectivity index (χ4n) is 2.35. The standard InChI is InChI=1S/C18H20O6/c1-22-16-6-4-5-13(17(16)23-2)14(19)8-7-12-9-10-18(21,24-3)11-15(12)20/h4-10,20-21H,11H2,1-3H3. The van der Waals surface area contributed by atoms with Gasteiger partial charge < -0.3 is 24.4 Å². The quantitative estimate of drug-likeness (QED) is 0.473. The fourth-order valence-corrected chi connectivity index (χ4v) is 2.35. The molecule has 0 heterocycles. The third-order valence-corrected chi connectivity index (χ3v) is 3.71. The third-order valence-electron chi connectivity index (χ3n) is 3.71. The SMILES string of the molecule is COc1cccc(C(=O)C=CC2=C(O)CC(O)(OC)C=C2)c1OC. The predicted octanol–water partition coefficient (Wildman–Crippen LogP) is 2.55. The van der Waals surface area contributed by atoms with Crippen LogP contribution in [0.5, 0.6) is 11.5 Å². The van der Waals surface area contributed by atoms with E-state index in [1.54, 1.807) is 18.2 Å². The summed E-state index contributed by atoms with van der Waals surface area (Å²) >= 11 is 0. The van der Waals surface area contributed by atoms with Crippen molar-refractivity contribution in [3.05, 3.63) is 59.4 Å². The van der Waals surface area contributed by atoms with Crippen molar-refractivity contribution in [1.29, 1.82) is 0 Å². The van der Waals surface area contributed by atoms with Crippen LogP contribution in [0.25, 0.3) is 0 Å². The summed E-state index contributed by atoms with van der Waals surface area (Å²) in [6.07, 6.45) is 5.63. The minimum absolute atomic E-state index is 0.0662. The van der Waals surface area contributed by atoms with Crippen molar-refractivity contribution in [3.63, 3.8) is 0 Å². The molecule has 1 unspecified atom stereocenters. The first-order chi connectivity index (χ1) is 11.4. The highest BCUT2D eigenvalue weighted by atomic mass is 16.6. The lowest BCUT2D eigenvalue weighted by molar-refractivity contribution is -0.149. The second-order valence-electron chi connectivity index (χ2n) is 5.20. The highest BCUT2D eigenvalue weighted by Gasteiger charge is 2.28. The highest BCUT2D eigenvalue weighted by Crippen LogP contribution is 2.31. The molecule has 6 heteroatoms. The molecule has 128 valence electrons. The molecule has 0 spiro atoms. The number of aliphatic hydroxyl groups is 2. The number of methoxy groups -OCH3 is 3. The summed E-state index contributed by atoms with van der Waals surface area (Å²) in [7, 11) is 4.30. The van der Waals surface area contributed by atoms with Gasteiger partial charge in [0.25, 0.3) is 0 Å². The molecule has 6 nitrogen and oxygen atoms in total. The van der Waals surface area contributed by atoms with Crippen molar-refractivity contribution in [2.24, 2.45) is 0 Å². The van der Waals surface area contributed by atoms with Crippen LogP contribution >= 0.6 is 0 Å². The second kappa shape index (κ2) is 7.33. The number of allylic oxidation sites excluding steroid dienone is 4. The molecule has 0 aromatic heterocycles. The van der Waals surface area contributed by atoms with E-state index in [0.717, 1.165) is 0 Å². The summed E-state index contributed by atoms with van der Waals surface area (Å²) < 4.78 is 15.3. The monoisotopic (exact) mass is 332 g/mol. The van der Waals surface area contributed by atoms with Crippen molar-refractivity contribution in [2.75, 3.05) is 21.3 Å². The first-order valence-corrected chi connectivity index (χ1v) is 7.26. The molecule has 0 amide bonds. The fraction of sp³-hybridized carbons (Fsp3) is 0.278. The van der Waals surface area contributed by atoms with Crippen molar-refractivity contribution >= 4 is 5.78 Å². The summed E-state index contributed by atoms with van der Waals surface area (Å²) in [5.41, 5.74) is 0.772. The Hall–Kier alpha value is -2.57. The Kier molecular flexibility index (Phi) is 5.43. The largest absolute Gasteiger partial charge is 0.511 e. The molecule has 0 fully saturated rings. The van der Waals surface area contributed by atoms with Gasteiger partial charge in [-0.05, 0) is 30.4 Å². The number of para-hydroxylation sites is 1. The van der Waals surface area contributed by atoms with Gasteiger partial charge in [-0.2, -0.15) is 0 Å². The van der Waals surface area contributed by atoms with Crippen LogP contribution in [-0.2, 0) is 4.74 Å². The van der Waals surface area contributed by atoms with Crippen molar-refractivity contribution in [3.8, 4) is 11.5 Å². The Balaban J connectivity index is 2.24. The number of ketones is 1. The van der Waals surface area contributed by atoms with E-state index in [1.807, 2.05) is 0 Å². The van der Waals surface area contributed by atoms with Crippen LogP contribution < -0.4 is 9.47 Å². The van der Waals surface area contributed by atoms with E-state index in [0.29, 0.717) is 22.6 Å². The Bertz CT molecular complexity index is 716. The minimum atomic E-state index is -1.53. The maximum Gasteiger partial charge on any atom is 0.192 e. The van der Waals surface area contributed by atoms with E-state index in [9.17, 15) is 15.0 Å². The number of ether oxygens (including phenoxy) is 3. The minimum Gasteiger partial charge on any atom is -0.511 e. The molecule has 0 aliphatic heterocycles. The Labute approximate surface area is 140 Å². The Morgan fingerprint density at radius 2 is 2.00 bits per heavy atom. The molecule has 24 heavy (non-hydrogen) atoms. The molecule has 1 aromatic carbocycles. The average Bonchev–Trinajstić information content (AvgIpc) is 2.59. The van der Waals surface area contributed by atoms with E-state index >= 15 is 0 Å². The lowest BCUT2D eigenvalue weighted by Gasteiger charge is -2.25. The van der Waals surface area contributed by atoms with Gasteiger partial charge in [0.05, 0.1) is 26.2 Å². The maximum absolute atomic E-state index is 12.4. The van der Waals surface area contributed by atoms with Gasteiger partial charge in [0.1, 0.15) is 5.76 Å². The number of rotatable bonds is 6. The molecule has 2 rings (SSSR count). The smallest absolute Gasteiger partial charge is 0.192 e. The third kappa shape index (κ3) is 3.67. The van der Waals surface area contributed by atoms with Crippen molar-refractivity contribution in [1.82, 2.24) is 0 Å². The lowest BCUT2D eigenvalue weighted by Crippen LogP contribution is -2.30. The summed E-state index contributed by atoms with van der Waals surface area (Å²) in [5, 5.41) is 19.9. The van der Waals surface area contributed by atoms with Crippen LogP contribution in [0.3, 0.4) is 0 Å². The van der Waals surface area contributed by atoms with Crippen LogP contribution in [0.1, 0.15) is 16.8 Å². The first kappa shape index (κ1) is 17.8. The molecule has 1 aromatic rings. The van der Waals surface area contributed by atoms with Crippen LogP contribution in [0.4, 0.5) is 0 Å². The van der Waals surface area contributed by atoms with Crippen LogP contribution in [0, 0.1) is 0 Å². The van der Waals surface area contributed by atoms with Crippen LogP contribution in [-0.4, -0.2) is 43.1 Å². The first-order valence-electron chi connectivity index (χ1n) is 7.26. The number of carbonyl (C=O) groups is 1. The molecule has 1 aliphatic carbocycles. The molecule has 2 N–H and O–H groups in total. The lowest BCUT2D eigenvalue weighted by atomic mass is 9.98. The van der Waals surface area contributed by atoms with Gasteiger partial charge in [-0.1, -0.05) is 12.1 Å². The van der Waals surface area contributed by atoms with Gasteiger partial charge in [0.2, 0.25) is 0 Å². The molecular weight excluding hydrogens is 312 g/mol. The molecule has 0 saturated carbocycles. The second-order valence-corrected chi connectivity index (χ2v) is 5.20. The van der Waals surface area contributed by atoms with Crippen LogP contribution in [0.15, 0.2) is 53.8 Å². The average molecular weight is 332 g/mol. The van der Waals surface area contributed by atoms with E-state index in [2.05, 4.69) is 0 Å². The molecule has 0 saturated heterocycles. The van der Waals surface area contributed by atoms with Gasteiger partial charge in [-0.3, -0.25) is 4.79 Å². The number of hydrogen-bond acceptors (Lipinski definition) is 6. The Morgan fingerprint density at radius 1 is 1.25 bits per heavy atom. The van der Waals surface area contributed by atoms with E-state index in [1.165, 1.54) is 45.6 Å². The van der Waals surface area contributed by atoms with E-state index < -0.39 is 5.79 Å². The number of aliphatic hydroxyl groups excluding tert-OH is 1. The van der Waals surface area contributed by atoms with Gasteiger partial charge in [0.15, 0.2) is 23.1 Å². The summed E-state index contributed by atoms with van der Waals surface area (Å²) in [4.78, 5) is 12.4. The zero-order valence-electron chi connectivity index (χ0n) is 13.8. The zero-order chi connectivity index (χ0) is 17.7. The van der Waals surface area contributed by atoms with Gasteiger partial charge in [0, 0.05) is 12.7 Å². The van der Waals surface area contributed by atoms with Gasteiger partial charge >= 0.3 is 0 Å². The molecule has 1 atom stereocenters. The van der Waals surface area contributed by atoms with Gasteiger partial charge in [-0.25, -0.2) is 0 Å². The molecule has 0 radical (unpaired) electrons. The van der Waals surface area contributed by atoms with Crippen LogP contribution in [0.2, 0.25) is 0 Å². The predicted molar refractivity (Wildman–Crippen MR) is 88.4 cm³/mol. The van der Waals surface area contributed by atoms with E-state index in [4.69, 9.17) is 14.2 Å². The van der Waals surface area contributed by atoms with E-state index in [-0.39, 0.29) is 18.0 Å². The number of carbonyl (C=O) groups excluding carboxylic acids is 1.